The van der Waals surface area contributed by atoms with Gasteiger partial charge in [0.1, 0.15) is 5.76 Å². The number of furan rings is 1. The number of amides is 3. The summed E-state index contributed by atoms with van der Waals surface area (Å²) in [6.45, 7) is 0.802. The van der Waals surface area contributed by atoms with Crippen molar-refractivity contribution in [3.63, 3.8) is 0 Å². The van der Waals surface area contributed by atoms with Gasteiger partial charge in [-0.15, -0.1) is 0 Å². The highest BCUT2D eigenvalue weighted by Crippen LogP contribution is 2.36. The van der Waals surface area contributed by atoms with E-state index in [1.807, 2.05) is 0 Å². The van der Waals surface area contributed by atoms with Crippen LogP contribution in [-0.4, -0.2) is 28.5 Å². The highest BCUT2D eigenvalue weighted by Gasteiger charge is 2.51. The predicted molar refractivity (Wildman–Crippen MR) is 82.7 cm³/mol. The minimum atomic E-state index is -4.67. The van der Waals surface area contributed by atoms with E-state index in [1.54, 1.807) is 0 Å². The fourth-order valence-corrected chi connectivity index (χ4v) is 2.91. The van der Waals surface area contributed by atoms with Gasteiger partial charge in [-0.25, -0.2) is 4.79 Å². The first kappa shape index (κ1) is 18.0. The molecule has 0 spiro atoms. The Morgan fingerprint density at radius 2 is 1.92 bits per heavy atom. The van der Waals surface area contributed by atoms with Crippen LogP contribution in [0.15, 0.2) is 47.1 Å². The summed E-state index contributed by atoms with van der Waals surface area (Å²) in [6.07, 6.45) is -5.03. The molecule has 3 rings (SSSR count). The third kappa shape index (κ3) is 2.94. The van der Waals surface area contributed by atoms with Gasteiger partial charge in [-0.05, 0) is 30.7 Å². The van der Waals surface area contributed by atoms with Gasteiger partial charge in [0.25, 0.3) is 5.91 Å². The first-order valence-electron chi connectivity index (χ1n) is 7.67. The second-order valence-corrected chi connectivity index (χ2v) is 6.05. The zero-order valence-corrected chi connectivity index (χ0v) is 13.6. The summed E-state index contributed by atoms with van der Waals surface area (Å²) in [4.78, 5) is 25.5. The maximum absolute atomic E-state index is 13.1. The third-order valence-electron chi connectivity index (χ3n) is 4.27. The second kappa shape index (κ2) is 6.17. The molecule has 9 heteroatoms. The van der Waals surface area contributed by atoms with Gasteiger partial charge in [0.05, 0.1) is 24.5 Å². The molecule has 3 amide bonds. The molecule has 1 aliphatic rings. The summed E-state index contributed by atoms with van der Waals surface area (Å²) in [7, 11) is 0. The van der Waals surface area contributed by atoms with Crippen LogP contribution in [0, 0.1) is 0 Å². The number of aliphatic hydroxyl groups excluding tert-OH is 1. The molecule has 2 aromatic rings. The van der Waals surface area contributed by atoms with Crippen molar-refractivity contribution in [2.24, 2.45) is 0 Å². The van der Waals surface area contributed by atoms with Gasteiger partial charge in [0.2, 0.25) is 0 Å². The SMILES string of the molecule is C[C@@]1(c2ccco2)NC(=O)N(C[C@H](O)c2ccccc2C(F)(F)F)C1=O. The van der Waals surface area contributed by atoms with Crippen LogP contribution < -0.4 is 5.32 Å². The summed E-state index contributed by atoms with van der Waals surface area (Å²) in [5.41, 5.74) is -2.91. The molecule has 0 saturated carbocycles. The molecule has 6 nitrogen and oxygen atoms in total. The van der Waals surface area contributed by atoms with Crippen molar-refractivity contribution < 1.29 is 32.3 Å². The maximum Gasteiger partial charge on any atom is 0.416 e. The number of hydrogen-bond acceptors (Lipinski definition) is 4. The number of aliphatic hydroxyl groups is 1. The van der Waals surface area contributed by atoms with E-state index in [9.17, 15) is 27.9 Å². The molecule has 2 atom stereocenters. The Kier molecular flexibility index (Phi) is 4.27. The fraction of sp³-hybridized carbons (Fsp3) is 0.294. The molecule has 1 aromatic heterocycles. The van der Waals surface area contributed by atoms with Crippen LogP contribution in [0.25, 0.3) is 0 Å². The summed E-state index contributed by atoms with van der Waals surface area (Å²) in [5.74, 6) is -0.537. The van der Waals surface area contributed by atoms with Crippen LogP contribution in [0.3, 0.4) is 0 Å². The Morgan fingerprint density at radius 3 is 2.54 bits per heavy atom. The molecule has 138 valence electrons. The minimum absolute atomic E-state index is 0.184. The van der Waals surface area contributed by atoms with Gasteiger partial charge in [0, 0.05) is 0 Å². The lowest BCUT2D eigenvalue weighted by Crippen LogP contribution is -2.41. The average molecular weight is 368 g/mol. The summed E-state index contributed by atoms with van der Waals surface area (Å²) in [5, 5.41) is 12.7. The number of carbonyl (C=O) groups is 2. The monoisotopic (exact) mass is 368 g/mol. The fourth-order valence-electron chi connectivity index (χ4n) is 2.91. The molecule has 1 fully saturated rings. The van der Waals surface area contributed by atoms with Gasteiger partial charge in [-0.2, -0.15) is 13.2 Å². The van der Waals surface area contributed by atoms with Crippen LogP contribution in [0.4, 0.5) is 18.0 Å². The van der Waals surface area contributed by atoms with E-state index in [-0.39, 0.29) is 5.76 Å². The Hall–Kier alpha value is -2.81. The molecule has 2 heterocycles. The molecular weight excluding hydrogens is 353 g/mol. The highest BCUT2D eigenvalue weighted by atomic mass is 19.4. The summed E-state index contributed by atoms with van der Waals surface area (Å²) < 4.78 is 44.5. The van der Waals surface area contributed by atoms with E-state index in [0.717, 1.165) is 12.1 Å². The summed E-state index contributed by atoms with van der Waals surface area (Å²) >= 11 is 0. The van der Waals surface area contributed by atoms with E-state index >= 15 is 0 Å². The normalized spacial score (nSPS) is 21.8. The first-order valence-corrected chi connectivity index (χ1v) is 7.67. The lowest BCUT2D eigenvalue weighted by Gasteiger charge is -2.22. The van der Waals surface area contributed by atoms with Crippen LogP contribution in [-0.2, 0) is 16.5 Å². The number of benzene rings is 1. The van der Waals surface area contributed by atoms with Gasteiger partial charge in [-0.1, -0.05) is 18.2 Å². The molecule has 26 heavy (non-hydrogen) atoms. The number of rotatable bonds is 4. The smallest absolute Gasteiger partial charge is 0.416 e. The van der Waals surface area contributed by atoms with Crippen molar-refractivity contribution in [2.75, 3.05) is 6.54 Å². The number of hydrogen-bond donors (Lipinski definition) is 2. The molecule has 1 aromatic carbocycles. The Balaban J connectivity index is 1.86. The lowest BCUT2D eigenvalue weighted by atomic mass is 9.98. The van der Waals surface area contributed by atoms with Crippen molar-refractivity contribution >= 4 is 11.9 Å². The van der Waals surface area contributed by atoms with Crippen molar-refractivity contribution in [1.29, 1.82) is 0 Å². The van der Waals surface area contributed by atoms with Crippen LogP contribution in [0.2, 0.25) is 0 Å². The lowest BCUT2D eigenvalue weighted by molar-refractivity contribution is -0.139. The number of nitrogens with zero attached hydrogens (tertiary/aromatic N) is 1. The Bertz CT molecular complexity index is 835. The minimum Gasteiger partial charge on any atom is -0.466 e. The van der Waals surface area contributed by atoms with Gasteiger partial charge in [-0.3, -0.25) is 9.69 Å². The van der Waals surface area contributed by atoms with Crippen molar-refractivity contribution in [3.05, 3.63) is 59.5 Å². The van der Waals surface area contributed by atoms with Crippen LogP contribution in [0.1, 0.15) is 29.9 Å². The molecule has 1 aliphatic heterocycles. The zero-order chi connectivity index (χ0) is 19.1. The number of β-amino-alcohol motifs (C(OH)–C–C–N with tert-alkyl or cyclic N) is 1. The molecule has 1 saturated heterocycles. The number of halogens is 3. The van der Waals surface area contributed by atoms with E-state index in [1.165, 1.54) is 37.5 Å². The van der Waals surface area contributed by atoms with Crippen molar-refractivity contribution in [1.82, 2.24) is 10.2 Å². The first-order chi connectivity index (χ1) is 12.1. The van der Waals surface area contributed by atoms with Crippen molar-refractivity contribution in [3.8, 4) is 0 Å². The molecule has 0 unspecified atom stereocenters. The standard InChI is InChI=1S/C17H15F3N2O4/c1-16(13-7-4-8-26-13)14(24)22(15(25)21-16)9-12(23)10-5-2-3-6-11(10)17(18,19)20/h2-8,12,23H,9H2,1H3,(H,21,25)/t12-,16-/m0/s1. The largest absolute Gasteiger partial charge is 0.466 e. The third-order valence-corrected chi connectivity index (χ3v) is 4.27. The number of nitrogens with one attached hydrogen (secondary N) is 1. The quantitative estimate of drug-likeness (QED) is 0.813. The van der Waals surface area contributed by atoms with E-state index in [2.05, 4.69) is 5.32 Å². The van der Waals surface area contributed by atoms with Gasteiger partial charge >= 0.3 is 12.2 Å². The topological polar surface area (TPSA) is 82.8 Å². The molecule has 0 bridgehead atoms. The van der Waals surface area contributed by atoms with E-state index in [4.69, 9.17) is 4.42 Å². The molecule has 0 radical (unpaired) electrons. The number of alkyl halides is 3. The molecular formula is C17H15F3N2O4. The maximum atomic E-state index is 13.1. The summed E-state index contributed by atoms with van der Waals surface area (Å²) in [6, 6.07) is 6.69. The van der Waals surface area contributed by atoms with E-state index < -0.39 is 47.4 Å². The predicted octanol–water partition coefficient (Wildman–Crippen LogP) is 2.80. The Morgan fingerprint density at radius 1 is 1.23 bits per heavy atom. The zero-order valence-electron chi connectivity index (χ0n) is 13.6. The number of imide groups is 1. The molecule has 2 N–H and O–H groups in total. The van der Waals surface area contributed by atoms with Gasteiger partial charge < -0.3 is 14.8 Å². The van der Waals surface area contributed by atoms with Gasteiger partial charge in [0.15, 0.2) is 5.54 Å². The highest BCUT2D eigenvalue weighted by molar-refractivity contribution is 6.06. The second-order valence-electron chi connectivity index (χ2n) is 6.05. The molecule has 0 aliphatic carbocycles. The van der Waals surface area contributed by atoms with E-state index in [0.29, 0.717) is 4.90 Å². The average Bonchev–Trinajstić information content (AvgIpc) is 3.19. The van der Waals surface area contributed by atoms with Crippen LogP contribution in [0.5, 0.6) is 0 Å². The number of carbonyl (C=O) groups excluding carboxylic acids is 2. The number of urea groups is 1. The van der Waals surface area contributed by atoms with Crippen LogP contribution >= 0.6 is 0 Å². The van der Waals surface area contributed by atoms with Crippen molar-refractivity contribution in [2.45, 2.75) is 24.7 Å². The Labute approximate surface area is 146 Å².